The van der Waals surface area contributed by atoms with Gasteiger partial charge in [-0.1, -0.05) is 29.4 Å². The van der Waals surface area contributed by atoms with Crippen molar-refractivity contribution >= 4 is 35.1 Å². The van der Waals surface area contributed by atoms with E-state index in [0.29, 0.717) is 22.5 Å². The second-order valence-corrected chi connectivity index (χ2v) is 6.28. The van der Waals surface area contributed by atoms with Gasteiger partial charge in [0.15, 0.2) is 5.16 Å². The van der Waals surface area contributed by atoms with Gasteiger partial charge in [0.1, 0.15) is 11.6 Å². The number of hydrogen-bond acceptors (Lipinski definition) is 5. The molecule has 2 aromatic rings. The molecule has 1 atom stereocenters. The van der Waals surface area contributed by atoms with Crippen molar-refractivity contribution in [2.75, 3.05) is 5.32 Å². The van der Waals surface area contributed by atoms with Gasteiger partial charge in [-0.15, -0.1) is 16.8 Å². The van der Waals surface area contributed by atoms with Crippen molar-refractivity contribution in [3.05, 3.63) is 41.8 Å². The summed E-state index contributed by atoms with van der Waals surface area (Å²) >= 11 is 7.10. The number of carbonyl (C=O) groups is 1. The molecule has 0 saturated carbocycles. The van der Waals surface area contributed by atoms with Crippen LogP contribution in [0.3, 0.4) is 0 Å². The van der Waals surface area contributed by atoms with Gasteiger partial charge in [-0.05, 0) is 26.0 Å². The maximum absolute atomic E-state index is 12.2. The van der Waals surface area contributed by atoms with Gasteiger partial charge >= 0.3 is 0 Å². The largest absolute Gasteiger partial charge is 0.310 e. The number of nitrogens with one attached hydrogen (secondary N) is 1. The molecule has 0 spiro atoms. The summed E-state index contributed by atoms with van der Waals surface area (Å²) in [4.78, 5) is 16.2. The van der Waals surface area contributed by atoms with E-state index < -0.39 is 0 Å². The van der Waals surface area contributed by atoms with E-state index in [2.05, 4.69) is 27.1 Å². The number of carbonyl (C=O) groups excluding carboxylic acids is 1. The summed E-state index contributed by atoms with van der Waals surface area (Å²) in [7, 11) is 0. The van der Waals surface area contributed by atoms with Crippen molar-refractivity contribution in [3.8, 4) is 0 Å². The van der Waals surface area contributed by atoms with Gasteiger partial charge in [0.05, 0.1) is 10.3 Å². The molecule has 0 radical (unpaired) electrons. The Morgan fingerprint density at radius 2 is 2.32 bits per heavy atom. The molecule has 2 rings (SSSR count). The minimum absolute atomic E-state index is 0.161. The molecule has 0 aromatic carbocycles. The second-order valence-electron chi connectivity index (χ2n) is 4.54. The summed E-state index contributed by atoms with van der Waals surface area (Å²) < 4.78 is 1.90. The topological polar surface area (TPSA) is 72.7 Å². The van der Waals surface area contributed by atoms with Crippen LogP contribution in [0.25, 0.3) is 0 Å². The van der Waals surface area contributed by atoms with E-state index in [1.54, 1.807) is 25.1 Å². The van der Waals surface area contributed by atoms with Crippen molar-refractivity contribution < 1.29 is 4.79 Å². The molecule has 0 aliphatic rings. The zero-order valence-electron chi connectivity index (χ0n) is 12.3. The molecular weight excluding hydrogens is 322 g/mol. The minimum atomic E-state index is -0.343. The molecule has 1 N–H and O–H groups in total. The first-order valence-corrected chi connectivity index (χ1v) is 7.86. The van der Waals surface area contributed by atoms with Crippen LogP contribution in [0.1, 0.15) is 12.7 Å². The Balaban J connectivity index is 2.02. The highest BCUT2D eigenvalue weighted by Gasteiger charge is 2.19. The number of hydrogen-bond donors (Lipinski definition) is 1. The molecule has 0 aliphatic heterocycles. The Morgan fingerprint density at radius 3 is 2.95 bits per heavy atom. The number of nitrogens with zero attached hydrogens (tertiary/aromatic N) is 4. The van der Waals surface area contributed by atoms with E-state index in [-0.39, 0.29) is 11.2 Å². The van der Waals surface area contributed by atoms with Gasteiger partial charge in [-0.2, -0.15) is 0 Å². The number of allylic oxidation sites excluding steroid dienone is 1. The Morgan fingerprint density at radius 1 is 1.55 bits per heavy atom. The quantitative estimate of drug-likeness (QED) is 0.648. The summed E-state index contributed by atoms with van der Waals surface area (Å²) in [5.74, 6) is 1.09. The van der Waals surface area contributed by atoms with Crippen LogP contribution in [0.4, 0.5) is 5.82 Å². The van der Waals surface area contributed by atoms with Gasteiger partial charge in [-0.3, -0.25) is 4.79 Å². The summed E-state index contributed by atoms with van der Waals surface area (Å²) in [6, 6.07) is 3.33. The lowest BCUT2D eigenvalue weighted by Crippen LogP contribution is -2.23. The molecular formula is C14H16ClN5OS. The lowest BCUT2D eigenvalue weighted by molar-refractivity contribution is -0.115. The van der Waals surface area contributed by atoms with Crippen molar-refractivity contribution in [2.45, 2.75) is 30.8 Å². The number of aryl methyl sites for hydroxylation is 1. The summed E-state index contributed by atoms with van der Waals surface area (Å²) in [5, 5.41) is 11.7. The third-order valence-electron chi connectivity index (χ3n) is 2.84. The number of rotatable bonds is 6. The zero-order valence-corrected chi connectivity index (χ0v) is 13.9. The second kappa shape index (κ2) is 7.42. The summed E-state index contributed by atoms with van der Waals surface area (Å²) in [5.41, 5.74) is 0. The molecule has 2 aromatic heterocycles. The monoisotopic (exact) mass is 337 g/mol. The van der Waals surface area contributed by atoms with Crippen LogP contribution in [0.2, 0.25) is 5.02 Å². The Hall–Kier alpha value is -1.86. The Bertz CT molecular complexity index is 670. The van der Waals surface area contributed by atoms with E-state index in [1.807, 2.05) is 11.5 Å². The van der Waals surface area contributed by atoms with E-state index in [1.165, 1.54) is 18.0 Å². The third-order valence-corrected chi connectivity index (χ3v) is 4.15. The summed E-state index contributed by atoms with van der Waals surface area (Å²) in [6.45, 7) is 7.98. The van der Waals surface area contributed by atoms with Crippen LogP contribution >= 0.6 is 23.4 Å². The third kappa shape index (κ3) is 4.08. The molecule has 1 amide bonds. The van der Waals surface area contributed by atoms with Crippen molar-refractivity contribution in [1.29, 1.82) is 0 Å². The Labute approximate surface area is 138 Å². The minimum Gasteiger partial charge on any atom is -0.310 e. The number of amides is 1. The predicted octanol–water partition coefficient (Wildman–Crippen LogP) is 2.94. The average molecular weight is 338 g/mol. The predicted molar refractivity (Wildman–Crippen MR) is 88.2 cm³/mol. The van der Waals surface area contributed by atoms with E-state index in [4.69, 9.17) is 11.6 Å². The van der Waals surface area contributed by atoms with Crippen molar-refractivity contribution in [3.63, 3.8) is 0 Å². The maximum atomic E-state index is 12.2. The van der Waals surface area contributed by atoms with E-state index in [0.717, 1.165) is 5.82 Å². The lowest BCUT2D eigenvalue weighted by Gasteiger charge is -2.12. The van der Waals surface area contributed by atoms with Crippen LogP contribution < -0.4 is 5.32 Å². The van der Waals surface area contributed by atoms with Gasteiger partial charge < -0.3 is 9.88 Å². The van der Waals surface area contributed by atoms with Gasteiger partial charge in [0, 0.05) is 12.7 Å². The SMILES string of the molecule is C=CCn1c(C)nnc1S[C@H](C)C(=O)Nc1ccc(Cl)cn1. The highest BCUT2D eigenvalue weighted by atomic mass is 35.5. The zero-order chi connectivity index (χ0) is 16.1. The molecule has 0 unspecified atom stereocenters. The highest BCUT2D eigenvalue weighted by Crippen LogP contribution is 2.23. The number of aromatic nitrogens is 4. The number of pyridine rings is 1. The van der Waals surface area contributed by atoms with Crippen LogP contribution in [-0.2, 0) is 11.3 Å². The normalized spacial score (nSPS) is 12.0. The highest BCUT2D eigenvalue weighted by molar-refractivity contribution is 8.00. The van der Waals surface area contributed by atoms with Crippen LogP contribution in [0, 0.1) is 6.92 Å². The number of anilines is 1. The first-order valence-electron chi connectivity index (χ1n) is 6.61. The Kier molecular flexibility index (Phi) is 5.57. The van der Waals surface area contributed by atoms with Crippen LogP contribution in [0.5, 0.6) is 0 Å². The molecule has 2 heterocycles. The van der Waals surface area contributed by atoms with E-state index in [9.17, 15) is 4.79 Å². The number of halogens is 1. The van der Waals surface area contributed by atoms with Crippen LogP contribution in [0.15, 0.2) is 36.1 Å². The van der Waals surface area contributed by atoms with Crippen molar-refractivity contribution in [2.24, 2.45) is 0 Å². The first-order chi connectivity index (χ1) is 10.5. The maximum Gasteiger partial charge on any atom is 0.238 e. The van der Waals surface area contributed by atoms with E-state index >= 15 is 0 Å². The smallest absolute Gasteiger partial charge is 0.238 e. The molecule has 0 fully saturated rings. The molecule has 116 valence electrons. The van der Waals surface area contributed by atoms with Crippen molar-refractivity contribution in [1.82, 2.24) is 19.7 Å². The molecule has 22 heavy (non-hydrogen) atoms. The standard InChI is InChI=1S/C14H16ClN5OS/c1-4-7-20-10(3)18-19-14(20)22-9(2)13(21)17-12-6-5-11(15)8-16-12/h4-6,8-9H,1,7H2,2-3H3,(H,16,17,21)/t9-/m1/s1. The molecule has 0 bridgehead atoms. The van der Waals surface area contributed by atoms with Gasteiger partial charge in [-0.25, -0.2) is 4.98 Å². The molecule has 6 nitrogen and oxygen atoms in total. The van der Waals surface area contributed by atoms with Gasteiger partial charge in [0.25, 0.3) is 0 Å². The fourth-order valence-corrected chi connectivity index (χ4v) is 2.69. The number of thioether (sulfide) groups is 1. The summed E-state index contributed by atoms with van der Waals surface area (Å²) in [6.07, 6.45) is 3.25. The fourth-order valence-electron chi connectivity index (χ4n) is 1.68. The lowest BCUT2D eigenvalue weighted by atomic mass is 10.4. The average Bonchev–Trinajstić information content (AvgIpc) is 2.83. The molecule has 0 aliphatic carbocycles. The first kappa shape index (κ1) is 16.5. The molecule has 8 heteroatoms. The molecule has 0 saturated heterocycles. The van der Waals surface area contributed by atoms with Crippen LogP contribution in [-0.4, -0.2) is 30.9 Å². The fraction of sp³-hybridized carbons (Fsp3) is 0.286. The van der Waals surface area contributed by atoms with Gasteiger partial charge in [0.2, 0.25) is 5.91 Å².